The van der Waals surface area contributed by atoms with Crippen LogP contribution in [-0.4, -0.2) is 9.97 Å². The van der Waals surface area contributed by atoms with Gasteiger partial charge in [-0.25, -0.2) is 13.8 Å². The van der Waals surface area contributed by atoms with Crippen molar-refractivity contribution in [2.75, 3.05) is 0 Å². The fraction of sp³-hybridized carbons (Fsp3) is 0.0667. The van der Waals surface area contributed by atoms with Gasteiger partial charge >= 0.3 is 0 Å². The first-order valence-electron chi connectivity index (χ1n) is 6.07. The van der Waals surface area contributed by atoms with E-state index in [0.29, 0.717) is 16.8 Å². The highest BCUT2D eigenvalue weighted by Gasteiger charge is 2.14. The summed E-state index contributed by atoms with van der Waals surface area (Å²) in [6.07, 6.45) is 1.55. The number of halogens is 2. The van der Waals surface area contributed by atoms with E-state index in [1.54, 1.807) is 6.20 Å². The summed E-state index contributed by atoms with van der Waals surface area (Å²) in [6, 6.07) is 10.3. The largest absolute Gasteiger partial charge is 0.319 e. The number of nitrogens with zero attached hydrogens (tertiary/aromatic N) is 2. The first-order chi connectivity index (χ1) is 9.65. The Labute approximate surface area is 114 Å². The summed E-state index contributed by atoms with van der Waals surface area (Å²) >= 11 is 0. The van der Waals surface area contributed by atoms with Crippen molar-refractivity contribution in [3.63, 3.8) is 0 Å². The zero-order chi connectivity index (χ0) is 14.1. The van der Waals surface area contributed by atoms with E-state index in [9.17, 15) is 8.78 Å². The number of fused-ring (bicyclic) bond motifs is 1. The highest BCUT2D eigenvalue weighted by molar-refractivity contribution is 5.73. The van der Waals surface area contributed by atoms with Gasteiger partial charge in [-0.05, 0) is 29.8 Å². The van der Waals surface area contributed by atoms with Gasteiger partial charge in [-0.2, -0.15) is 0 Å². The summed E-state index contributed by atoms with van der Waals surface area (Å²) < 4.78 is 26.2. The van der Waals surface area contributed by atoms with Crippen LogP contribution in [0, 0.1) is 11.6 Å². The lowest BCUT2D eigenvalue weighted by molar-refractivity contribution is 0.506. The molecular formula is C15H11F2N3. The zero-order valence-electron chi connectivity index (χ0n) is 10.4. The molecule has 2 aromatic carbocycles. The average Bonchev–Trinajstić information content (AvgIpc) is 2.49. The summed E-state index contributed by atoms with van der Waals surface area (Å²) in [5.74, 6) is -1.82. The van der Waals surface area contributed by atoms with Crippen LogP contribution < -0.4 is 5.73 Å². The van der Waals surface area contributed by atoms with E-state index in [2.05, 4.69) is 9.97 Å². The van der Waals surface area contributed by atoms with Crippen molar-refractivity contribution in [1.82, 2.24) is 9.97 Å². The molecule has 0 spiro atoms. The fourth-order valence-corrected chi connectivity index (χ4v) is 2.00. The Morgan fingerprint density at radius 1 is 0.950 bits per heavy atom. The second-order valence-corrected chi connectivity index (χ2v) is 4.43. The predicted molar refractivity (Wildman–Crippen MR) is 71.9 cm³/mol. The molecule has 0 bridgehead atoms. The van der Waals surface area contributed by atoms with Crippen molar-refractivity contribution in [2.24, 2.45) is 5.73 Å². The molecule has 3 aromatic rings. The summed E-state index contributed by atoms with van der Waals surface area (Å²) in [4.78, 5) is 8.66. The molecule has 0 aliphatic carbocycles. The minimum atomic E-state index is -0.924. The van der Waals surface area contributed by atoms with E-state index in [0.717, 1.165) is 17.6 Å². The first-order valence-corrected chi connectivity index (χ1v) is 6.07. The van der Waals surface area contributed by atoms with E-state index >= 15 is 0 Å². The van der Waals surface area contributed by atoms with Crippen LogP contribution in [0.3, 0.4) is 0 Å². The van der Waals surface area contributed by atoms with Crippen molar-refractivity contribution in [1.29, 1.82) is 0 Å². The third-order valence-electron chi connectivity index (χ3n) is 3.09. The molecule has 2 N–H and O–H groups in total. The fourth-order valence-electron chi connectivity index (χ4n) is 2.00. The Kier molecular flexibility index (Phi) is 3.12. The Morgan fingerprint density at radius 2 is 1.70 bits per heavy atom. The first kappa shape index (κ1) is 12.6. The average molecular weight is 271 g/mol. The third kappa shape index (κ3) is 2.23. The quantitative estimate of drug-likeness (QED) is 0.779. The van der Waals surface area contributed by atoms with Gasteiger partial charge in [-0.15, -0.1) is 0 Å². The summed E-state index contributed by atoms with van der Waals surface area (Å²) in [5, 5.41) is 0. The number of hydrogen-bond donors (Lipinski definition) is 1. The highest BCUT2D eigenvalue weighted by Crippen LogP contribution is 2.21. The topological polar surface area (TPSA) is 51.8 Å². The minimum Gasteiger partial charge on any atom is -0.319 e. The normalized spacial score (nSPS) is 12.6. The van der Waals surface area contributed by atoms with Crippen LogP contribution in [0.1, 0.15) is 17.3 Å². The molecule has 100 valence electrons. The SMILES string of the molecule is NC(c1ccc(F)c(F)c1)c1cnc2ccccc2n1. The highest BCUT2D eigenvalue weighted by atomic mass is 19.2. The number of aromatic nitrogens is 2. The van der Waals surface area contributed by atoms with Gasteiger partial charge in [-0.3, -0.25) is 4.98 Å². The van der Waals surface area contributed by atoms with Gasteiger partial charge < -0.3 is 5.73 Å². The van der Waals surface area contributed by atoms with Crippen LogP contribution >= 0.6 is 0 Å². The van der Waals surface area contributed by atoms with Gasteiger partial charge in [0.15, 0.2) is 11.6 Å². The van der Waals surface area contributed by atoms with Gasteiger partial charge in [0.1, 0.15) is 0 Å². The molecule has 1 atom stereocenters. The Morgan fingerprint density at radius 3 is 2.45 bits per heavy atom. The smallest absolute Gasteiger partial charge is 0.159 e. The van der Waals surface area contributed by atoms with Gasteiger partial charge in [0.2, 0.25) is 0 Å². The van der Waals surface area contributed by atoms with Crippen molar-refractivity contribution in [2.45, 2.75) is 6.04 Å². The molecule has 0 saturated heterocycles. The second kappa shape index (κ2) is 4.94. The number of rotatable bonds is 2. The Hall–Kier alpha value is -2.40. The molecule has 5 heteroatoms. The summed E-state index contributed by atoms with van der Waals surface area (Å²) in [6.45, 7) is 0. The van der Waals surface area contributed by atoms with Crippen LogP contribution in [0.2, 0.25) is 0 Å². The predicted octanol–water partition coefficient (Wildman–Crippen LogP) is 2.96. The van der Waals surface area contributed by atoms with Crippen molar-refractivity contribution in [3.8, 4) is 0 Å². The lowest BCUT2D eigenvalue weighted by Crippen LogP contribution is -2.14. The molecule has 0 fully saturated rings. The van der Waals surface area contributed by atoms with Gasteiger partial charge in [-0.1, -0.05) is 18.2 Å². The van der Waals surface area contributed by atoms with E-state index in [1.807, 2.05) is 24.3 Å². The second-order valence-electron chi connectivity index (χ2n) is 4.43. The van der Waals surface area contributed by atoms with Gasteiger partial charge in [0, 0.05) is 0 Å². The minimum absolute atomic E-state index is 0.452. The monoisotopic (exact) mass is 271 g/mol. The van der Waals surface area contributed by atoms with E-state index < -0.39 is 17.7 Å². The van der Waals surface area contributed by atoms with E-state index in [-0.39, 0.29) is 0 Å². The molecule has 1 aromatic heterocycles. The molecule has 0 radical (unpaired) electrons. The van der Waals surface area contributed by atoms with Crippen LogP contribution in [0.4, 0.5) is 8.78 Å². The van der Waals surface area contributed by atoms with Crippen LogP contribution in [-0.2, 0) is 0 Å². The Bertz CT molecular complexity index is 774. The maximum Gasteiger partial charge on any atom is 0.159 e. The molecular weight excluding hydrogens is 260 g/mol. The number of hydrogen-bond acceptors (Lipinski definition) is 3. The zero-order valence-corrected chi connectivity index (χ0v) is 10.4. The summed E-state index contributed by atoms with van der Waals surface area (Å²) in [7, 11) is 0. The van der Waals surface area contributed by atoms with Gasteiger partial charge in [0.05, 0.1) is 29.0 Å². The molecule has 0 aliphatic rings. The number of nitrogens with two attached hydrogens (primary N) is 1. The summed E-state index contributed by atoms with van der Waals surface area (Å²) in [5.41, 5.74) is 8.47. The molecule has 3 rings (SSSR count). The standard InChI is InChI=1S/C15H11F2N3/c16-10-6-5-9(7-11(10)17)15(18)14-8-19-12-3-1-2-4-13(12)20-14/h1-8,15H,18H2. The molecule has 1 unspecified atom stereocenters. The van der Waals surface area contributed by atoms with Crippen molar-refractivity contribution >= 4 is 11.0 Å². The van der Waals surface area contributed by atoms with E-state index in [1.165, 1.54) is 6.07 Å². The molecule has 0 aliphatic heterocycles. The van der Waals surface area contributed by atoms with E-state index in [4.69, 9.17) is 5.73 Å². The number of para-hydroxylation sites is 2. The van der Waals surface area contributed by atoms with Crippen molar-refractivity contribution in [3.05, 3.63) is 71.6 Å². The van der Waals surface area contributed by atoms with Crippen LogP contribution in [0.15, 0.2) is 48.7 Å². The maximum absolute atomic E-state index is 13.2. The molecule has 0 saturated carbocycles. The third-order valence-corrected chi connectivity index (χ3v) is 3.09. The molecule has 20 heavy (non-hydrogen) atoms. The molecule has 1 heterocycles. The molecule has 3 nitrogen and oxygen atoms in total. The van der Waals surface area contributed by atoms with Crippen molar-refractivity contribution < 1.29 is 8.78 Å². The van der Waals surface area contributed by atoms with Crippen LogP contribution in [0.25, 0.3) is 11.0 Å². The van der Waals surface area contributed by atoms with Gasteiger partial charge in [0.25, 0.3) is 0 Å². The maximum atomic E-state index is 13.2. The van der Waals surface area contributed by atoms with Crippen LogP contribution in [0.5, 0.6) is 0 Å². The molecule has 0 amide bonds. The lowest BCUT2D eigenvalue weighted by Gasteiger charge is -2.12. The number of benzene rings is 2. The lowest BCUT2D eigenvalue weighted by atomic mass is 10.0. The Balaban J connectivity index is 2.02.